The lowest BCUT2D eigenvalue weighted by atomic mass is 10.2. The van der Waals surface area contributed by atoms with Crippen LogP contribution in [-0.2, 0) is 4.79 Å². The third-order valence-electron chi connectivity index (χ3n) is 4.11. The van der Waals surface area contributed by atoms with E-state index in [0.717, 1.165) is 0 Å². The number of carbonyl (C=O) groups is 2. The highest BCUT2D eigenvalue weighted by atomic mass is 16.5. The second-order valence-electron chi connectivity index (χ2n) is 6.04. The summed E-state index contributed by atoms with van der Waals surface area (Å²) in [6, 6.07) is 8.07. The van der Waals surface area contributed by atoms with E-state index < -0.39 is 11.8 Å². The zero-order valence-electron chi connectivity index (χ0n) is 18.0. The molecule has 2 aromatic rings. The van der Waals surface area contributed by atoms with Crippen LogP contribution in [0.1, 0.15) is 15.9 Å². The summed E-state index contributed by atoms with van der Waals surface area (Å²) in [6.45, 7) is -0.273. The molecule has 2 N–H and O–H groups in total. The molecule has 0 fully saturated rings. The van der Waals surface area contributed by atoms with Gasteiger partial charge in [-0.1, -0.05) is 0 Å². The number of nitrogens with zero attached hydrogens (tertiary/aromatic N) is 1. The van der Waals surface area contributed by atoms with Gasteiger partial charge in [0, 0.05) is 17.2 Å². The topological polar surface area (TPSA) is 117 Å². The minimum Gasteiger partial charge on any atom is -0.497 e. The molecule has 2 aromatic carbocycles. The van der Waals surface area contributed by atoms with Gasteiger partial charge in [-0.25, -0.2) is 5.43 Å². The number of amides is 2. The Morgan fingerprint density at radius 2 is 1.42 bits per heavy atom. The Hall–Kier alpha value is -3.95. The smallest absolute Gasteiger partial charge is 0.259 e. The van der Waals surface area contributed by atoms with E-state index in [1.165, 1.54) is 41.8 Å². The van der Waals surface area contributed by atoms with Crippen LogP contribution in [0.15, 0.2) is 35.4 Å². The molecule has 0 unspecified atom stereocenters. The molecule has 0 saturated carbocycles. The SMILES string of the molecule is COc1cc(OC)cc(C(=O)NCC(=O)N/N=C\c2cc(OC)c(OC)c(OC)c2)c1. The maximum atomic E-state index is 12.3. The molecule has 0 spiro atoms. The van der Waals surface area contributed by atoms with Gasteiger partial charge < -0.3 is 29.0 Å². The van der Waals surface area contributed by atoms with Gasteiger partial charge in [-0.3, -0.25) is 9.59 Å². The van der Waals surface area contributed by atoms with Crippen LogP contribution in [0.25, 0.3) is 0 Å². The molecule has 0 heterocycles. The van der Waals surface area contributed by atoms with Crippen molar-refractivity contribution in [2.45, 2.75) is 0 Å². The Bertz CT molecular complexity index is 913. The molecule has 31 heavy (non-hydrogen) atoms. The number of nitrogens with one attached hydrogen (secondary N) is 2. The van der Waals surface area contributed by atoms with E-state index in [-0.39, 0.29) is 6.54 Å². The van der Waals surface area contributed by atoms with Crippen molar-refractivity contribution in [3.05, 3.63) is 41.5 Å². The highest BCUT2D eigenvalue weighted by molar-refractivity contribution is 5.97. The predicted molar refractivity (Wildman–Crippen MR) is 114 cm³/mol. The van der Waals surface area contributed by atoms with Gasteiger partial charge in [-0.15, -0.1) is 0 Å². The summed E-state index contributed by atoms with van der Waals surface area (Å²) in [4.78, 5) is 24.3. The van der Waals surface area contributed by atoms with E-state index in [1.807, 2.05) is 0 Å². The Balaban J connectivity index is 1.97. The van der Waals surface area contributed by atoms with Crippen LogP contribution < -0.4 is 34.4 Å². The van der Waals surface area contributed by atoms with Crippen molar-refractivity contribution in [3.8, 4) is 28.7 Å². The van der Waals surface area contributed by atoms with Crippen molar-refractivity contribution in [1.82, 2.24) is 10.7 Å². The summed E-state index contributed by atoms with van der Waals surface area (Å²) in [5.74, 6) is 1.31. The number of methoxy groups -OCH3 is 5. The van der Waals surface area contributed by atoms with Gasteiger partial charge in [-0.05, 0) is 24.3 Å². The molecular weight excluding hydrogens is 406 g/mol. The maximum absolute atomic E-state index is 12.3. The van der Waals surface area contributed by atoms with Crippen LogP contribution in [0, 0.1) is 0 Å². The van der Waals surface area contributed by atoms with E-state index in [2.05, 4.69) is 15.8 Å². The number of hydrogen-bond acceptors (Lipinski definition) is 8. The summed E-state index contributed by atoms with van der Waals surface area (Å²) in [7, 11) is 7.47. The first kappa shape index (κ1) is 23.3. The normalized spacial score (nSPS) is 10.4. The molecule has 2 amide bonds. The summed E-state index contributed by atoms with van der Waals surface area (Å²) in [6.07, 6.45) is 1.41. The molecule has 0 bridgehead atoms. The van der Waals surface area contributed by atoms with E-state index in [1.54, 1.807) is 30.3 Å². The van der Waals surface area contributed by atoms with Crippen molar-refractivity contribution in [3.63, 3.8) is 0 Å². The van der Waals surface area contributed by atoms with E-state index in [4.69, 9.17) is 23.7 Å². The predicted octanol–water partition coefficient (Wildman–Crippen LogP) is 1.61. The lowest BCUT2D eigenvalue weighted by Gasteiger charge is -2.12. The minimum atomic E-state index is -0.507. The van der Waals surface area contributed by atoms with Crippen molar-refractivity contribution in [2.75, 3.05) is 42.1 Å². The first-order valence-electron chi connectivity index (χ1n) is 9.08. The number of carbonyl (C=O) groups excluding carboxylic acids is 2. The number of hydrazone groups is 1. The summed E-state index contributed by atoms with van der Waals surface area (Å²) >= 11 is 0. The molecule has 0 aliphatic rings. The fourth-order valence-electron chi connectivity index (χ4n) is 2.60. The van der Waals surface area contributed by atoms with Gasteiger partial charge in [0.2, 0.25) is 5.75 Å². The molecule has 10 heteroatoms. The first-order chi connectivity index (χ1) is 14.9. The van der Waals surface area contributed by atoms with E-state index in [9.17, 15) is 9.59 Å². The molecule has 2 rings (SSSR count). The second-order valence-corrected chi connectivity index (χ2v) is 6.04. The van der Waals surface area contributed by atoms with Gasteiger partial charge in [-0.2, -0.15) is 5.10 Å². The van der Waals surface area contributed by atoms with Crippen molar-refractivity contribution in [1.29, 1.82) is 0 Å². The van der Waals surface area contributed by atoms with Crippen LogP contribution in [-0.4, -0.2) is 60.1 Å². The zero-order valence-corrected chi connectivity index (χ0v) is 18.0. The lowest BCUT2D eigenvalue weighted by molar-refractivity contribution is -0.120. The minimum absolute atomic E-state index is 0.273. The number of hydrogen-bond donors (Lipinski definition) is 2. The average molecular weight is 431 g/mol. The largest absolute Gasteiger partial charge is 0.497 e. The van der Waals surface area contributed by atoms with Crippen molar-refractivity contribution in [2.24, 2.45) is 5.10 Å². The molecule has 0 atom stereocenters. The molecule has 0 aromatic heterocycles. The van der Waals surface area contributed by atoms with Gasteiger partial charge in [0.15, 0.2) is 11.5 Å². The van der Waals surface area contributed by atoms with Crippen LogP contribution in [0.5, 0.6) is 28.7 Å². The fourth-order valence-corrected chi connectivity index (χ4v) is 2.60. The monoisotopic (exact) mass is 431 g/mol. The standard InChI is InChI=1S/C21H25N3O7/c1-27-15-8-14(9-16(10-15)28-2)21(26)22-12-19(25)24-23-11-13-6-17(29-3)20(31-5)18(7-13)30-4/h6-11H,12H2,1-5H3,(H,22,26)(H,24,25)/b23-11-. The van der Waals surface area contributed by atoms with Crippen LogP contribution in [0.2, 0.25) is 0 Å². The maximum Gasteiger partial charge on any atom is 0.259 e. The van der Waals surface area contributed by atoms with Crippen LogP contribution in [0.4, 0.5) is 0 Å². The quantitative estimate of drug-likeness (QED) is 0.434. The third-order valence-corrected chi connectivity index (χ3v) is 4.11. The first-order valence-corrected chi connectivity index (χ1v) is 9.08. The molecule has 10 nitrogen and oxygen atoms in total. The lowest BCUT2D eigenvalue weighted by Crippen LogP contribution is -2.34. The molecule has 0 aliphatic heterocycles. The second kappa shape index (κ2) is 11.3. The van der Waals surface area contributed by atoms with Gasteiger partial charge in [0.1, 0.15) is 11.5 Å². The highest BCUT2D eigenvalue weighted by Crippen LogP contribution is 2.37. The van der Waals surface area contributed by atoms with Crippen LogP contribution >= 0.6 is 0 Å². The molecular formula is C21H25N3O7. The molecule has 0 aliphatic carbocycles. The van der Waals surface area contributed by atoms with Gasteiger partial charge in [0.25, 0.3) is 11.8 Å². The van der Waals surface area contributed by atoms with Crippen LogP contribution in [0.3, 0.4) is 0 Å². The highest BCUT2D eigenvalue weighted by Gasteiger charge is 2.13. The Kier molecular flexibility index (Phi) is 8.50. The summed E-state index contributed by atoms with van der Waals surface area (Å²) in [5.41, 5.74) is 3.25. The average Bonchev–Trinajstić information content (AvgIpc) is 2.81. The van der Waals surface area contributed by atoms with Crippen molar-refractivity contribution < 1.29 is 33.3 Å². The molecule has 0 saturated heterocycles. The van der Waals surface area contributed by atoms with Gasteiger partial charge in [0.05, 0.1) is 48.3 Å². The Morgan fingerprint density at radius 3 is 1.90 bits per heavy atom. The Labute approximate surface area is 180 Å². The summed E-state index contributed by atoms with van der Waals surface area (Å²) < 4.78 is 26.1. The van der Waals surface area contributed by atoms with E-state index >= 15 is 0 Å². The Morgan fingerprint density at radius 1 is 0.839 bits per heavy atom. The summed E-state index contributed by atoms with van der Waals surface area (Å²) in [5, 5.41) is 6.39. The molecule has 166 valence electrons. The van der Waals surface area contributed by atoms with Crippen molar-refractivity contribution >= 4 is 18.0 Å². The zero-order chi connectivity index (χ0) is 22.8. The third kappa shape index (κ3) is 6.26. The number of rotatable bonds is 10. The number of benzene rings is 2. The number of ether oxygens (including phenoxy) is 5. The molecule has 0 radical (unpaired) electrons. The fraction of sp³-hybridized carbons (Fsp3) is 0.286. The van der Waals surface area contributed by atoms with E-state index in [0.29, 0.717) is 39.9 Å². The van der Waals surface area contributed by atoms with Gasteiger partial charge >= 0.3 is 0 Å².